The molecule has 0 heteroatoms. The van der Waals surface area contributed by atoms with Gasteiger partial charge < -0.3 is 0 Å². The van der Waals surface area contributed by atoms with Crippen LogP contribution in [0.25, 0.3) is 0 Å². The summed E-state index contributed by atoms with van der Waals surface area (Å²) >= 11 is 0. The minimum atomic E-state index is 0.999. The number of hydrogen-bond donors (Lipinski definition) is 0. The van der Waals surface area contributed by atoms with Gasteiger partial charge in [-0.05, 0) is 12.8 Å². The van der Waals surface area contributed by atoms with Crippen LogP contribution in [0, 0.1) is 23.7 Å². The van der Waals surface area contributed by atoms with Crippen LogP contribution in [0.1, 0.15) is 78.1 Å². The molecule has 0 nitrogen and oxygen atoms in total. The topological polar surface area (TPSA) is 0 Å². The Morgan fingerprint density at radius 1 is 0.500 bits per heavy atom. The second-order valence-corrected chi connectivity index (χ2v) is 4.04. The predicted molar refractivity (Wildman–Crippen MR) is 73.1 cm³/mol. The molecule has 0 radical (unpaired) electrons. The van der Waals surface area contributed by atoms with Crippen LogP contribution < -0.4 is 0 Å². The third kappa shape index (κ3) is 13.1. The number of hydrogen-bond acceptors (Lipinski definition) is 0. The SMILES string of the molecule is CCC#CCCCCCCCCC#CCC. The van der Waals surface area contributed by atoms with Crippen LogP contribution in [0.3, 0.4) is 0 Å². The van der Waals surface area contributed by atoms with E-state index in [2.05, 4.69) is 37.5 Å². The first kappa shape index (κ1) is 15.1. The van der Waals surface area contributed by atoms with Crippen LogP contribution in [-0.4, -0.2) is 0 Å². The maximum Gasteiger partial charge on any atom is 0.00886 e. The lowest BCUT2D eigenvalue weighted by Gasteiger charge is -1.97. The normalized spacial score (nSPS) is 8.88. The standard InChI is InChI=1S/C16H26/c1-3-5-7-9-11-13-15-16-14-12-10-8-6-4-2/h3-4,9-16H2,1-2H3. The van der Waals surface area contributed by atoms with E-state index in [1.807, 2.05) is 0 Å². The van der Waals surface area contributed by atoms with Crippen molar-refractivity contribution in [3.05, 3.63) is 0 Å². The van der Waals surface area contributed by atoms with Gasteiger partial charge in [0, 0.05) is 25.7 Å². The Balaban J connectivity index is 3.04. The van der Waals surface area contributed by atoms with Crippen LogP contribution in [0.4, 0.5) is 0 Å². The minimum Gasteiger partial charge on any atom is -0.104 e. The van der Waals surface area contributed by atoms with E-state index in [0.29, 0.717) is 0 Å². The molecule has 0 aliphatic rings. The highest BCUT2D eigenvalue weighted by molar-refractivity contribution is 4.97. The van der Waals surface area contributed by atoms with Gasteiger partial charge in [-0.3, -0.25) is 0 Å². The van der Waals surface area contributed by atoms with Gasteiger partial charge in [0.15, 0.2) is 0 Å². The van der Waals surface area contributed by atoms with Crippen LogP contribution >= 0.6 is 0 Å². The molecule has 0 unspecified atom stereocenters. The average Bonchev–Trinajstić information content (AvgIpc) is 2.31. The van der Waals surface area contributed by atoms with E-state index in [0.717, 1.165) is 25.7 Å². The summed E-state index contributed by atoms with van der Waals surface area (Å²) in [5, 5.41) is 0. The molecule has 0 atom stereocenters. The minimum absolute atomic E-state index is 0.999. The molecule has 0 heterocycles. The molecule has 0 amide bonds. The molecule has 0 N–H and O–H groups in total. The van der Waals surface area contributed by atoms with Gasteiger partial charge in [-0.2, -0.15) is 0 Å². The molecule has 0 fully saturated rings. The fourth-order valence-electron chi connectivity index (χ4n) is 1.56. The summed E-state index contributed by atoms with van der Waals surface area (Å²) in [7, 11) is 0. The Bertz CT molecular complexity index is 213. The summed E-state index contributed by atoms with van der Waals surface area (Å²) in [5.41, 5.74) is 0. The summed E-state index contributed by atoms with van der Waals surface area (Å²) in [5.74, 6) is 12.6. The van der Waals surface area contributed by atoms with E-state index < -0.39 is 0 Å². The molecule has 0 aliphatic carbocycles. The largest absolute Gasteiger partial charge is 0.104 e. The van der Waals surface area contributed by atoms with Crippen molar-refractivity contribution < 1.29 is 0 Å². The molecule has 0 aromatic heterocycles. The van der Waals surface area contributed by atoms with Crippen LogP contribution in [0.2, 0.25) is 0 Å². The highest BCUT2D eigenvalue weighted by Gasteiger charge is 1.89. The first-order valence-corrected chi connectivity index (χ1v) is 6.83. The summed E-state index contributed by atoms with van der Waals surface area (Å²) < 4.78 is 0. The molecule has 0 saturated heterocycles. The Hall–Kier alpha value is -0.880. The molecular weight excluding hydrogens is 192 g/mol. The smallest absolute Gasteiger partial charge is 0.00886 e. The highest BCUT2D eigenvalue weighted by Crippen LogP contribution is 2.07. The van der Waals surface area contributed by atoms with Crippen molar-refractivity contribution in [3.63, 3.8) is 0 Å². The first-order chi connectivity index (χ1) is 7.91. The Morgan fingerprint density at radius 3 is 1.25 bits per heavy atom. The first-order valence-electron chi connectivity index (χ1n) is 6.83. The fraction of sp³-hybridized carbons (Fsp3) is 0.750. The predicted octanol–water partition coefficient (Wildman–Crippen LogP) is 4.93. The molecular formula is C16H26. The molecule has 0 aromatic carbocycles. The van der Waals surface area contributed by atoms with E-state index in [1.54, 1.807) is 0 Å². The zero-order valence-corrected chi connectivity index (χ0v) is 11.1. The zero-order valence-electron chi connectivity index (χ0n) is 11.1. The molecule has 0 aromatic rings. The second-order valence-electron chi connectivity index (χ2n) is 4.04. The third-order valence-electron chi connectivity index (χ3n) is 2.46. The average molecular weight is 218 g/mol. The lowest BCUT2D eigenvalue weighted by molar-refractivity contribution is 0.604. The monoisotopic (exact) mass is 218 g/mol. The second kappa shape index (κ2) is 14.1. The van der Waals surface area contributed by atoms with Crippen molar-refractivity contribution in [1.29, 1.82) is 0 Å². The molecule has 0 aliphatic heterocycles. The zero-order chi connectivity index (χ0) is 11.9. The van der Waals surface area contributed by atoms with Gasteiger partial charge in [0.25, 0.3) is 0 Å². The van der Waals surface area contributed by atoms with Gasteiger partial charge in [-0.25, -0.2) is 0 Å². The Morgan fingerprint density at radius 2 is 0.875 bits per heavy atom. The van der Waals surface area contributed by atoms with Crippen molar-refractivity contribution in [2.45, 2.75) is 78.1 Å². The third-order valence-corrected chi connectivity index (χ3v) is 2.46. The van der Waals surface area contributed by atoms with Crippen LogP contribution in [0.5, 0.6) is 0 Å². The molecule has 90 valence electrons. The number of unbranched alkanes of at least 4 members (excludes halogenated alkanes) is 7. The van der Waals surface area contributed by atoms with Crippen molar-refractivity contribution in [1.82, 2.24) is 0 Å². The summed E-state index contributed by atoms with van der Waals surface area (Å²) in [6.45, 7) is 4.21. The van der Waals surface area contributed by atoms with Crippen molar-refractivity contribution >= 4 is 0 Å². The van der Waals surface area contributed by atoms with E-state index in [9.17, 15) is 0 Å². The van der Waals surface area contributed by atoms with Crippen molar-refractivity contribution in [2.24, 2.45) is 0 Å². The van der Waals surface area contributed by atoms with Crippen molar-refractivity contribution in [2.75, 3.05) is 0 Å². The molecule has 16 heavy (non-hydrogen) atoms. The van der Waals surface area contributed by atoms with E-state index in [4.69, 9.17) is 0 Å². The lowest BCUT2D eigenvalue weighted by atomic mass is 10.1. The van der Waals surface area contributed by atoms with E-state index in [-0.39, 0.29) is 0 Å². The number of rotatable bonds is 7. The lowest BCUT2D eigenvalue weighted by Crippen LogP contribution is -1.79. The molecule has 0 saturated carbocycles. The highest BCUT2D eigenvalue weighted by atomic mass is 13.9. The van der Waals surface area contributed by atoms with Gasteiger partial charge in [0.2, 0.25) is 0 Å². The van der Waals surface area contributed by atoms with Gasteiger partial charge in [-0.15, -0.1) is 23.7 Å². The van der Waals surface area contributed by atoms with E-state index >= 15 is 0 Å². The quantitative estimate of drug-likeness (QED) is 0.419. The molecule has 0 bridgehead atoms. The van der Waals surface area contributed by atoms with Gasteiger partial charge in [0.05, 0.1) is 0 Å². The van der Waals surface area contributed by atoms with Gasteiger partial charge >= 0.3 is 0 Å². The molecule has 0 spiro atoms. The maximum absolute atomic E-state index is 3.19. The Labute approximate surface area is 102 Å². The Kier molecular flexibility index (Phi) is 13.3. The fourth-order valence-corrected chi connectivity index (χ4v) is 1.56. The van der Waals surface area contributed by atoms with Gasteiger partial charge in [0.1, 0.15) is 0 Å². The van der Waals surface area contributed by atoms with E-state index in [1.165, 1.54) is 38.5 Å². The summed E-state index contributed by atoms with van der Waals surface area (Å²) in [4.78, 5) is 0. The summed E-state index contributed by atoms with van der Waals surface area (Å²) in [6, 6.07) is 0. The maximum atomic E-state index is 3.19. The van der Waals surface area contributed by atoms with Crippen LogP contribution in [0.15, 0.2) is 0 Å². The molecule has 0 rings (SSSR count). The van der Waals surface area contributed by atoms with Crippen molar-refractivity contribution in [3.8, 4) is 23.7 Å². The van der Waals surface area contributed by atoms with Gasteiger partial charge in [-0.1, -0.05) is 39.5 Å². The van der Waals surface area contributed by atoms with Crippen LogP contribution in [-0.2, 0) is 0 Å². The summed E-state index contributed by atoms with van der Waals surface area (Å²) in [6.07, 6.45) is 12.2.